The van der Waals surface area contributed by atoms with Gasteiger partial charge < -0.3 is 15.4 Å². The summed E-state index contributed by atoms with van der Waals surface area (Å²) in [7, 11) is 0. The van der Waals surface area contributed by atoms with Gasteiger partial charge in [0.1, 0.15) is 11.6 Å². The highest BCUT2D eigenvalue weighted by atomic mass is 19.4. The van der Waals surface area contributed by atoms with Crippen molar-refractivity contribution in [3.8, 4) is 17.0 Å². The summed E-state index contributed by atoms with van der Waals surface area (Å²) < 4.78 is 41.7. The molecule has 0 bridgehead atoms. The molecular formula is C21H21F3N4O. The monoisotopic (exact) mass is 402 g/mol. The zero-order valence-electron chi connectivity index (χ0n) is 16.3. The first-order valence-electron chi connectivity index (χ1n) is 9.07. The van der Waals surface area contributed by atoms with Gasteiger partial charge in [0.25, 0.3) is 0 Å². The van der Waals surface area contributed by atoms with Crippen LogP contribution in [0.5, 0.6) is 5.75 Å². The number of anilines is 3. The Balaban J connectivity index is 2.00. The van der Waals surface area contributed by atoms with Gasteiger partial charge in [-0.25, -0.2) is 4.98 Å². The van der Waals surface area contributed by atoms with Crippen molar-refractivity contribution in [1.29, 1.82) is 0 Å². The molecule has 2 aromatic carbocycles. The maximum Gasteiger partial charge on any atom is 0.573 e. The minimum Gasteiger partial charge on any atom is -0.406 e. The quantitative estimate of drug-likeness (QED) is 0.543. The third-order valence-corrected chi connectivity index (χ3v) is 4.16. The number of nitrogens with one attached hydrogen (secondary N) is 2. The van der Waals surface area contributed by atoms with Gasteiger partial charge in [-0.2, -0.15) is 4.98 Å². The SMILES string of the molecule is CCNc1nc(Nc2c(C)cccc2C)cc(-c2cccc(OC(F)(F)F)c2)n1. The van der Waals surface area contributed by atoms with E-state index in [9.17, 15) is 13.2 Å². The predicted molar refractivity (Wildman–Crippen MR) is 108 cm³/mol. The molecule has 0 radical (unpaired) electrons. The molecule has 8 heteroatoms. The lowest BCUT2D eigenvalue weighted by Crippen LogP contribution is -2.17. The highest BCUT2D eigenvalue weighted by Gasteiger charge is 2.31. The zero-order valence-corrected chi connectivity index (χ0v) is 16.3. The highest BCUT2D eigenvalue weighted by Crippen LogP contribution is 2.30. The maximum atomic E-state index is 12.6. The van der Waals surface area contributed by atoms with Crippen molar-refractivity contribution < 1.29 is 17.9 Å². The van der Waals surface area contributed by atoms with Crippen LogP contribution in [0.25, 0.3) is 11.3 Å². The van der Waals surface area contributed by atoms with Crippen LogP contribution >= 0.6 is 0 Å². The Morgan fingerprint density at radius 2 is 1.66 bits per heavy atom. The van der Waals surface area contributed by atoms with E-state index in [0.717, 1.165) is 16.8 Å². The Morgan fingerprint density at radius 1 is 0.966 bits per heavy atom. The van der Waals surface area contributed by atoms with E-state index in [1.165, 1.54) is 18.2 Å². The molecule has 0 atom stereocenters. The van der Waals surface area contributed by atoms with E-state index in [-0.39, 0.29) is 5.75 Å². The molecule has 0 amide bonds. The largest absolute Gasteiger partial charge is 0.573 e. The van der Waals surface area contributed by atoms with Gasteiger partial charge in [0.05, 0.1) is 5.69 Å². The lowest BCUT2D eigenvalue weighted by Gasteiger charge is -2.15. The van der Waals surface area contributed by atoms with Crippen molar-refractivity contribution in [3.63, 3.8) is 0 Å². The number of alkyl halides is 3. The molecule has 0 spiro atoms. The molecule has 0 aliphatic carbocycles. The van der Waals surface area contributed by atoms with Crippen LogP contribution in [0.15, 0.2) is 48.5 Å². The van der Waals surface area contributed by atoms with E-state index in [1.807, 2.05) is 39.0 Å². The van der Waals surface area contributed by atoms with Crippen LogP contribution in [0, 0.1) is 13.8 Å². The Kier molecular flexibility index (Phi) is 5.91. The second kappa shape index (κ2) is 8.38. The fourth-order valence-corrected chi connectivity index (χ4v) is 2.89. The van der Waals surface area contributed by atoms with E-state index < -0.39 is 6.36 Å². The molecule has 5 nitrogen and oxygen atoms in total. The molecule has 0 saturated carbocycles. The molecule has 0 fully saturated rings. The summed E-state index contributed by atoms with van der Waals surface area (Å²) in [5, 5.41) is 6.35. The predicted octanol–water partition coefficient (Wildman–Crippen LogP) is 5.83. The Labute approximate surface area is 167 Å². The standard InChI is InChI=1S/C21H21F3N4O/c1-4-25-20-26-17(15-9-6-10-16(11-15)29-21(22,23)24)12-18(28-20)27-19-13(2)7-5-8-14(19)3/h5-12H,4H2,1-3H3,(H2,25,26,27,28). The lowest BCUT2D eigenvalue weighted by molar-refractivity contribution is -0.274. The highest BCUT2D eigenvalue weighted by molar-refractivity contribution is 5.70. The van der Waals surface area contributed by atoms with Crippen LogP contribution in [0.1, 0.15) is 18.1 Å². The van der Waals surface area contributed by atoms with Gasteiger partial charge in [-0.3, -0.25) is 0 Å². The molecule has 2 N–H and O–H groups in total. The Morgan fingerprint density at radius 3 is 2.31 bits per heavy atom. The third-order valence-electron chi connectivity index (χ3n) is 4.16. The van der Waals surface area contributed by atoms with Gasteiger partial charge >= 0.3 is 6.36 Å². The van der Waals surface area contributed by atoms with Crippen LogP contribution in [0.4, 0.5) is 30.6 Å². The zero-order chi connectivity index (χ0) is 21.0. The van der Waals surface area contributed by atoms with Gasteiger partial charge in [0, 0.05) is 23.9 Å². The third kappa shape index (κ3) is 5.37. The number of benzene rings is 2. The van der Waals surface area contributed by atoms with Gasteiger partial charge in [-0.05, 0) is 44.0 Å². The van der Waals surface area contributed by atoms with Crippen LogP contribution in [-0.4, -0.2) is 22.9 Å². The van der Waals surface area contributed by atoms with Gasteiger partial charge in [-0.15, -0.1) is 13.2 Å². The molecular weight excluding hydrogens is 381 g/mol. The topological polar surface area (TPSA) is 59.1 Å². The van der Waals surface area contributed by atoms with Gasteiger partial charge in [0.2, 0.25) is 5.95 Å². The normalized spacial score (nSPS) is 11.2. The van der Waals surface area contributed by atoms with Gasteiger partial charge in [0.15, 0.2) is 0 Å². The molecule has 3 rings (SSSR count). The van der Waals surface area contributed by atoms with Crippen LogP contribution in [-0.2, 0) is 0 Å². The Hall–Kier alpha value is -3.29. The molecule has 152 valence electrons. The number of hydrogen-bond acceptors (Lipinski definition) is 5. The number of halogens is 3. The summed E-state index contributed by atoms with van der Waals surface area (Å²) in [6, 6.07) is 13.3. The maximum absolute atomic E-state index is 12.6. The minimum absolute atomic E-state index is 0.303. The number of aromatic nitrogens is 2. The molecule has 0 aliphatic rings. The average molecular weight is 402 g/mol. The van der Waals surface area contributed by atoms with Crippen LogP contribution in [0.3, 0.4) is 0 Å². The fourth-order valence-electron chi connectivity index (χ4n) is 2.89. The molecule has 1 heterocycles. The minimum atomic E-state index is -4.76. The number of aryl methyl sites for hydroxylation is 2. The fraction of sp³-hybridized carbons (Fsp3) is 0.238. The molecule has 29 heavy (non-hydrogen) atoms. The first kappa shape index (κ1) is 20.4. The molecule has 0 saturated heterocycles. The number of hydrogen-bond donors (Lipinski definition) is 2. The Bertz CT molecular complexity index is 985. The molecule has 0 aliphatic heterocycles. The van der Waals surface area contributed by atoms with Crippen molar-refractivity contribution in [3.05, 3.63) is 59.7 Å². The molecule has 3 aromatic rings. The van der Waals surface area contributed by atoms with E-state index >= 15 is 0 Å². The summed E-state index contributed by atoms with van der Waals surface area (Å²) in [5.74, 6) is 0.606. The number of nitrogens with zero attached hydrogens (tertiary/aromatic N) is 2. The second-order valence-corrected chi connectivity index (χ2v) is 6.46. The summed E-state index contributed by atoms with van der Waals surface area (Å²) in [6.07, 6.45) is -4.76. The second-order valence-electron chi connectivity index (χ2n) is 6.46. The van der Waals surface area contributed by atoms with Crippen molar-refractivity contribution in [2.24, 2.45) is 0 Å². The van der Waals surface area contributed by atoms with Crippen molar-refractivity contribution in [1.82, 2.24) is 9.97 Å². The average Bonchev–Trinajstić information content (AvgIpc) is 2.64. The summed E-state index contributed by atoms with van der Waals surface area (Å²) in [5.41, 5.74) is 3.98. The lowest BCUT2D eigenvalue weighted by atomic mass is 10.1. The van der Waals surface area contributed by atoms with Gasteiger partial charge in [-0.1, -0.05) is 30.3 Å². The molecule has 0 unspecified atom stereocenters. The van der Waals surface area contributed by atoms with Crippen LogP contribution in [0.2, 0.25) is 0 Å². The summed E-state index contributed by atoms with van der Waals surface area (Å²) in [6.45, 7) is 6.48. The van der Waals surface area contributed by atoms with E-state index in [4.69, 9.17) is 0 Å². The van der Waals surface area contributed by atoms with E-state index in [2.05, 4.69) is 25.3 Å². The first-order chi connectivity index (χ1) is 13.7. The summed E-state index contributed by atoms with van der Waals surface area (Å²) in [4.78, 5) is 8.88. The van der Waals surface area contributed by atoms with E-state index in [1.54, 1.807) is 12.1 Å². The number of ether oxygens (including phenoxy) is 1. The van der Waals surface area contributed by atoms with Crippen molar-refractivity contribution in [2.45, 2.75) is 27.1 Å². The smallest absolute Gasteiger partial charge is 0.406 e. The van der Waals surface area contributed by atoms with Crippen molar-refractivity contribution >= 4 is 17.5 Å². The summed E-state index contributed by atoms with van der Waals surface area (Å²) >= 11 is 0. The molecule has 1 aromatic heterocycles. The number of rotatable bonds is 6. The van der Waals surface area contributed by atoms with E-state index in [0.29, 0.717) is 29.6 Å². The number of para-hydroxylation sites is 1. The first-order valence-corrected chi connectivity index (χ1v) is 9.07. The van der Waals surface area contributed by atoms with Crippen molar-refractivity contribution in [2.75, 3.05) is 17.2 Å². The van der Waals surface area contributed by atoms with Crippen LogP contribution < -0.4 is 15.4 Å².